The molecule has 0 amide bonds. The Labute approximate surface area is 136 Å². The molecule has 2 aromatic rings. The average molecular weight is 334 g/mol. The first-order chi connectivity index (χ1) is 10.9. The van der Waals surface area contributed by atoms with Gasteiger partial charge in [-0.15, -0.1) is 0 Å². The summed E-state index contributed by atoms with van der Waals surface area (Å²) >= 11 is 0. The number of nitrogens with zero attached hydrogens (tertiary/aromatic N) is 1. The van der Waals surface area contributed by atoms with Crippen LogP contribution >= 0.6 is 0 Å². The molecule has 1 N–H and O–H groups in total. The van der Waals surface area contributed by atoms with Crippen LogP contribution in [0.25, 0.3) is 10.9 Å². The quantitative estimate of drug-likeness (QED) is 0.850. The van der Waals surface area contributed by atoms with Gasteiger partial charge in [0, 0.05) is 29.2 Å². The van der Waals surface area contributed by atoms with Crippen LogP contribution in [-0.2, 0) is 9.84 Å². The van der Waals surface area contributed by atoms with Gasteiger partial charge in [-0.1, -0.05) is 18.2 Å². The summed E-state index contributed by atoms with van der Waals surface area (Å²) in [6.07, 6.45) is 2.46. The topological polar surface area (TPSA) is 70.2 Å². The van der Waals surface area contributed by atoms with Crippen LogP contribution in [0.3, 0.4) is 0 Å². The van der Waals surface area contributed by atoms with Crippen LogP contribution in [0.5, 0.6) is 0 Å². The molecule has 0 aliphatic carbocycles. The summed E-state index contributed by atoms with van der Waals surface area (Å²) in [5.41, 5.74) is 1.64. The maximum absolute atomic E-state index is 12.8. The van der Waals surface area contributed by atoms with E-state index >= 15 is 0 Å². The fourth-order valence-corrected chi connectivity index (χ4v) is 5.13. The van der Waals surface area contributed by atoms with Gasteiger partial charge in [0.05, 0.1) is 17.5 Å². The second-order valence-electron chi connectivity index (χ2n) is 6.50. The molecule has 0 saturated carbocycles. The summed E-state index contributed by atoms with van der Waals surface area (Å²) in [5.74, 6) is 0.704. The van der Waals surface area contributed by atoms with E-state index in [1.54, 1.807) is 6.20 Å². The Morgan fingerprint density at radius 1 is 1.39 bits per heavy atom. The van der Waals surface area contributed by atoms with E-state index in [1.165, 1.54) is 0 Å². The van der Waals surface area contributed by atoms with E-state index in [0.717, 1.165) is 10.9 Å². The van der Waals surface area contributed by atoms with Crippen molar-refractivity contribution in [3.8, 4) is 0 Å². The maximum Gasteiger partial charge on any atom is 0.181 e. The zero-order valence-corrected chi connectivity index (χ0v) is 14.3. The highest BCUT2D eigenvalue weighted by atomic mass is 32.2. The third-order valence-corrected chi connectivity index (χ3v) is 6.61. The molecule has 0 unspecified atom stereocenters. The van der Waals surface area contributed by atoms with E-state index in [4.69, 9.17) is 0 Å². The molecule has 1 aliphatic heterocycles. The van der Waals surface area contributed by atoms with Crippen molar-refractivity contribution in [1.82, 2.24) is 9.88 Å². The number of aromatic amines is 1. The summed E-state index contributed by atoms with van der Waals surface area (Å²) in [7, 11) is -0.984. The average Bonchev–Trinajstić information content (AvgIpc) is 3.08. The van der Waals surface area contributed by atoms with Crippen LogP contribution in [0, 0.1) is 5.92 Å². The Balaban J connectivity index is 1.72. The standard InChI is InChI=1S/C17H22N2O3S/c1-12(19(2)10-13-7-8-23(21,22)11-13)17(20)15-9-18-16-6-4-3-5-14(15)16/h3-6,9,12-13,18H,7-8,10-11H2,1-2H3/t12-,13-/m0/s1. The summed E-state index contributed by atoms with van der Waals surface area (Å²) < 4.78 is 23.1. The normalized spacial score (nSPS) is 21.8. The summed E-state index contributed by atoms with van der Waals surface area (Å²) in [6, 6.07) is 7.46. The molecule has 1 saturated heterocycles. The van der Waals surface area contributed by atoms with Gasteiger partial charge < -0.3 is 4.98 Å². The molecule has 1 aromatic heterocycles. The van der Waals surface area contributed by atoms with Crippen LogP contribution in [0.2, 0.25) is 0 Å². The molecule has 124 valence electrons. The molecular weight excluding hydrogens is 312 g/mol. The van der Waals surface area contributed by atoms with Crippen molar-refractivity contribution in [3.05, 3.63) is 36.0 Å². The van der Waals surface area contributed by atoms with Gasteiger partial charge in [-0.3, -0.25) is 9.69 Å². The zero-order valence-electron chi connectivity index (χ0n) is 13.5. The van der Waals surface area contributed by atoms with Crippen molar-refractivity contribution in [2.45, 2.75) is 19.4 Å². The van der Waals surface area contributed by atoms with E-state index in [0.29, 0.717) is 18.5 Å². The second kappa shape index (κ2) is 6.09. The lowest BCUT2D eigenvalue weighted by atomic mass is 10.0. The van der Waals surface area contributed by atoms with Crippen molar-refractivity contribution in [3.63, 3.8) is 0 Å². The zero-order chi connectivity index (χ0) is 16.6. The summed E-state index contributed by atoms with van der Waals surface area (Å²) in [6.45, 7) is 2.52. The van der Waals surface area contributed by atoms with Gasteiger partial charge in [0.1, 0.15) is 0 Å². The lowest BCUT2D eigenvalue weighted by Crippen LogP contribution is -2.39. The van der Waals surface area contributed by atoms with Gasteiger partial charge in [-0.2, -0.15) is 0 Å². The van der Waals surface area contributed by atoms with Gasteiger partial charge in [0.15, 0.2) is 15.6 Å². The first-order valence-corrected chi connectivity index (χ1v) is 9.70. The predicted octanol–water partition coefficient (Wildman–Crippen LogP) is 2.11. The second-order valence-corrected chi connectivity index (χ2v) is 8.73. The van der Waals surface area contributed by atoms with Crippen molar-refractivity contribution >= 4 is 26.5 Å². The number of fused-ring (bicyclic) bond motifs is 1. The lowest BCUT2D eigenvalue weighted by Gasteiger charge is -2.25. The van der Waals surface area contributed by atoms with E-state index in [9.17, 15) is 13.2 Å². The highest BCUT2D eigenvalue weighted by molar-refractivity contribution is 7.91. The largest absolute Gasteiger partial charge is 0.360 e. The smallest absolute Gasteiger partial charge is 0.181 e. The monoisotopic (exact) mass is 334 g/mol. The molecule has 2 atom stereocenters. The van der Waals surface area contributed by atoms with Crippen molar-refractivity contribution in [1.29, 1.82) is 0 Å². The predicted molar refractivity (Wildman–Crippen MR) is 91.5 cm³/mol. The molecular formula is C17H22N2O3S. The number of likely N-dealkylation sites (N-methyl/N-ethyl adjacent to an activating group) is 1. The van der Waals surface area contributed by atoms with Crippen LogP contribution in [0.1, 0.15) is 23.7 Å². The first-order valence-electron chi connectivity index (χ1n) is 7.88. The van der Waals surface area contributed by atoms with Crippen LogP contribution in [0.15, 0.2) is 30.5 Å². The number of ketones is 1. The molecule has 0 spiro atoms. The minimum atomic E-state index is -2.88. The minimum absolute atomic E-state index is 0.0609. The minimum Gasteiger partial charge on any atom is -0.360 e. The Kier molecular flexibility index (Phi) is 4.29. The van der Waals surface area contributed by atoms with Crippen molar-refractivity contribution in [2.24, 2.45) is 5.92 Å². The molecule has 0 bridgehead atoms. The molecule has 1 fully saturated rings. The fourth-order valence-electron chi connectivity index (χ4n) is 3.28. The number of benzene rings is 1. The van der Waals surface area contributed by atoms with Gasteiger partial charge in [0.25, 0.3) is 0 Å². The number of rotatable bonds is 5. The highest BCUT2D eigenvalue weighted by Gasteiger charge is 2.31. The number of Topliss-reactive ketones (excluding diaryl/α,β-unsaturated/α-hetero) is 1. The fraction of sp³-hybridized carbons (Fsp3) is 0.471. The van der Waals surface area contributed by atoms with E-state index in [1.807, 2.05) is 43.1 Å². The summed E-state index contributed by atoms with van der Waals surface area (Å²) in [4.78, 5) is 17.9. The first kappa shape index (κ1) is 16.2. The Bertz CT molecular complexity index is 825. The molecule has 23 heavy (non-hydrogen) atoms. The molecule has 6 heteroatoms. The van der Waals surface area contributed by atoms with Gasteiger partial charge in [-0.25, -0.2) is 8.42 Å². The molecule has 0 radical (unpaired) electrons. The van der Waals surface area contributed by atoms with E-state index < -0.39 is 9.84 Å². The van der Waals surface area contributed by atoms with Crippen LogP contribution in [0.4, 0.5) is 0 Å². The number of carbonyl (C=O) groups excluding carboxylic acids is 1. The maximum atomic E-state index is 12.8. The SMILES string of the molecule is C[C@@H](C(=O)c1c[nH]c2ccccc12)N(C)C[C@@H]1CCS(=O)(=O)C1. The van der Waals surface area contributed by atoms with Crippen LogP contribution < -0.4 is 0 Å². The number of hydrogen-bond donors (Lipinski definition) is 1. The molecule has 5 nitrogen and oxygen atoms in total. The Morgan fingerprint density at radius 2 is 2.13 bits per heavy atom. The van der Waals surface area contributed by atoms with Crippen molar-refractivity contribution in [2.75, 3.05) is 25.1 Å². The van der Waals surface area contributed by atoms with E-state index in [-0.39, 0.29) is 29.2 Å². The van der Waals surface area contributed by atoms with Gasteiger partial charge in [-0.05, 0) is 32.4 Å². The van der Waals surface area contributed by atoms with Crippen molar-refractivity contribution < 1.29 is 13.2 Å². The number of nitrogens with one attached hydrogen (secondary N) is 1. The molecule has 1 aromatic carbocycles. The Hall–Kier alpha value is -1.66. The third-order valence-electron chi connectivity index (χ3n) is 4.77. The summed E-state index contributed by atoms with van der Waals surface area (Å²) in [5, 5.41) is 0.932. The number of carbonyl (C=O) groups is 1. The number of sulfone groups is 1. The van der Waals surface area contributed by atoms with Gasteiger partial charge in [0.2, 0.25) is 0 Å². The van der Waals surface area contributed by atoms with Crippen LogP contribution in [-0.4, -0.2) is 55.2 Å². The number of H-pyrrole nitrogens is 1. The number of para-hydroxylation sites is 1. The Morgan fingerprint density at radius 3 is 2.83 bits per heavy atom. The lowest BCUT2D eigenvalue weighted by molar-refractivity contribution is 0.0857. The molecule has 3 rings (SSSR count). The van der Waals surface area contributed by atoms with E-state index in [2.05, 4.69) is 4.98 Å². The molecule has 2 heterocycles. The molecule has 1 aliphatic rings. The number of aromatic nitrogens is 1. The third kappa shape index (κ3) is 3.33. The number of hydrogen-bond acceptors (Lipinski definition) is 4. The highest BCUT2D eigenvalue weighted by Crippen LogP contribution is 2.23. The van der Waals surface area contributed by atoms with Gasteiger partial charge >= 0.3 is 0 Å².